The monoisotopic (exact) mass is 746 g/mol. The minimum Gasteiger partial charge on any atom is -0.478 e. The van der Waals surface area contributed by atoms with Gasteiger partial charge >= 0.3 is 37.1 Å². The number of carboxylic acids is 1. The van der Waals surface area contributed by atoms with Crippen LogP contribution in [0.1, 0.15) is 68.8 Å². The summed E-state index contributed by atoms with van der Waals surface area (Å²) in [5.41, 5.74) is 0.800. The molecule has 0 aliphatic heterocycles. The smallest absolute Gasteiger partial charge is 0.478 e. The maximum absolute atomic E-state index is 11.0. The zero-order valence-corrected chi connectivity index (χ0v) is 25.8. The predicted octanol–water partition coefficient (Wildman–Crippen LogP) is 6.76. The van der Waals surface area contributed by atoms with Gasteiger partial charge in [-0.3, -0.25) is 5.26 Å². The zero-order chi connectivity index (χ0) is 26.3. The summed E-state index contributed by atoms with van der Waals surface area (Å²) in [5.74, 6) is 0.225. The Morgan fingerprint density at radius 3 is 2.37 bits per heavy atom. The third-order valence-electron chi connectivity index (χ3n) is 5.93. The van der Waals surface area contributed by atoms with E-state index in [1.807, 2.05) is 6.92 Å². The van der Waals surface area contributed by atoms with Gasteiger partial charge < -0.3 is 28.3 Å². The SMILES string of the molecule is CC(F)F.COO.[CH2-]C1C(CC[CH-]C)CCCC1C(C)C(O)OCc1ccc(C(=O)O)cc1Cl.[U+2]. The van der Waals surface area contributed by atoms with Gasteiger partial charge in [0.25, 0.3) is 0 Å². The van der Waals surface area contributed by atoms with Crippen LogP contribution in [-0.4, -0.2) is 41.3 Å². The van der Waals surface area contributed by atoms with Crippen molar-refractivity contribution >= 4 is 17.6 Å². The fourth-order valence-electron chi connectivity index (χ4n) is 4.12. The third-order valence-corrected chi connectivity index (χ3v) is 6.28. The molecule has 1 saturated carbocycles. The standard InChI is InChI=1S/C22H31ClO4.C2H4F2.CH4O2.U/c1-4-5-7-16-8-6-9-19(14(16)2)15(3)22(26)27-13-18-11-10-17(21(24)25)12-20(18)23;1-2(3)4;1-3-2;/h4,10-12,14-16,19,22,26H,2,5-9,13H2,1,3H3,(H,24,25);2H,1H3;2H,1H3;/q-2;;;+2. The van der Waals surface area contributed by atoms with Crippen LogP contribution in [0.25, 0.3) is 0 Å². The molecule has 6 nitrogen and oxygen atoms in total. The summed E-state index contributed by atoms with van der Waals surface area (Å²) in [6, 6.07) is 4.53. The zero-order valence-electron chi connectivity index (χ0n) is 20.9. The van der Waals surface area contributed by atoms with Crippen molar-refractivity contribution in [2.24, 2.45) is 23.7 Å². The largest absolute Gasteiger partial charge is 2.00 e. The molecule has 1 aliphatic rings. The van der Waals surface area contributed by atoms with Crippen LogP contribution in [0.2, 0.25) is 5.02 Å². The van der Waals surface area contributed by atoms with Gasteiger partial charge in [0.2, 0.25) is 6.43 Å². The van der Waals surface area contributed by atoms with E-state index in [4.69, 9.17) is 26.7 Å². The van der Waals surface area contributed by atoms with Crippen molar-refractivity contribution in [3.63, 3.8) is 0 Å². The Morgan fingerprint density at radius 1 is 1.31 bits per heavy atom. The van der Waals surface area contributed by atoms with Crippen LogP contribution < -0.4 is 0 Å². The summed E-state index contributed by atoms with van der Waals surface area (Å²) in [6.07, 6.45) is 4.87. The molecule has 3 N–H and O–H groups in total. The molecule has 5 unspecified atom stereocenters. The van der Waals surface area contributed by atoms with Gasteiger partial charge in [0.15, 0.2) is 6.29 Å². The second-order valence-corrected chi connectivity index (χ2v) is 8.79. The predicted molar refractivity (Wildman–Crippen MR) is 129 cm³/mol. The van der Waals surface area contributed by atoms with Crippen molar-refractivity contribution in [1.82, 2.24) is 0 Å². The molecule has 2 rings (SSSR count). The number of aromatic carboxylic acids is 1. The molecule has 1 fully saturated rings. The normalized spacial score (nSPS) is 20.9. The minimum absolute atomic E-state index is 0. The van der Waals surface area contributed by atoms with E-state index in [-0.39, 0.29) is 49.2 Å². The Morgan fingerprint density at radius 2 is 1.89 bits per heavy atom. The average Bonchev–Trinajstić information content (AvgIpc) is 2.77. The number of aliphatic hydroxyl groups is 1. The number of carbonyl (C=O) groups is 1. The second-order valence-electron chi connectivity index (χ2n) is 8.38. The topological polar surface area (TPSA) is 96.2 Å². The number of unbranched alkanes of at least 4 members (excludes halogenated alkanes) is 1. The first-order valence-corrected chi connectivity index (χ1v) is 11.8. The number of ether oxygens (including phenoxy) is 1. The molecule has 0 saturated heterocycles. The van der Waals surface area contributed by atoms with Crippen LogP contribution in [-0.2, 0) is 16.2 Å². The molecule has 200 valence electrons. The van der Waals surface area contributed by atoms with Gasteiger partial charge in [-0.25, -0.2) is 18.5 Å². The number of hydrogen-bond donors (Lipinski definition) is 3. The first kappa shape index (κ1) is 36.9. The van der Waals surface area contributed by atoms with Gasteiger partial charge in [-0.1, -0.05) is 62.1 Å². The number of rotatable bonds is 9. The quantitative estimate of drug-likeness (QED) is 0.112. The summed E-state index contributed by atoms with van der Waals surface area (Å²) in [7, 11) is 1.18. The van der Waals surface area contributed by atoms with E-state index in [9.17, 15) is 18.7 Å². The van der Waals surface area contributed by atoms with Gasteiger partial charge in [0, 0.05) is 10.9 Å². The molecular weight excluding hydrogens is 708 g/mol. The minimum atomic E-state index is -2.17. The van der Waals surface area contributed by atoms with E-state index in [0.29, 0.717) is 28.3 Å². The van der Waals surface area contributed by atoms with Crippen LogP contribution >= 0.6 is 11.6 Å². The Balaban J connectivity index is 0. The van der Waals surface area contributed by atoms with Crippen molar-refractivity contribution in [2.75, 3.05) is 7.11 Å². The maximum atomic E-state index is 11.0. The summed E-state index contributed by atoms with van der Waals surface area (Å²) < 4.78 is 26.3. The van der Waals surface area contributed by atoms with Gasteiger partial charge in [-0.05, 0) is 24.6 Å². The van der Waals surface area contributed by atoms with Crippen molar-refractivity contribution < 1.29 is 69.8 Å². The molecule has 5 atom stereocenters. The van der Waals surface area contributed by atoms with E-state index >= 15 is 0 Å². The van der Waals surface area contributed by atoms with Gasteiger partial charge in [-0.15, -0.1) is 0 Å². The van der Waals surface area contributed by atoms with Crippen molar-refractivity contribution in [1.29, 1.82) is 0 Å². The Kier molecular flexibility index (Phi) is 21.9. The molecule has 0 heterocycles. The number of carboxylic acid groups (broad SMARTS) is 1. The fraction of sp³-hybridized carbons (Fsp3) is 0.640. The summed E-state index contributed by atoms with van der Waals surface area (Å²) >= 11 is 6.14. The maximum Gasteiger partial charge on any atom is 2.00 e. The number of aliphatic hydroxyl groups excluding tert-OH is 1. The second kappa shape index (κ2) is 20.8. The summed E-state index contributed by atoms with van der Waals surface area (Å²) in [5, 5.41) is 27.0. The number of hydrogen-bond acceptors (Lipinski definition) is 5. The molecule has 0 spiro atoms. The van der Waals surface area contributed by atoms with Crippen molar-refractivity contribution in [3.05, 3.63) is 47.7 Å². The van der Waals surface area contributed by atoms with Crippen LogP contribution in [0.5, 0.6) is 0 Å². The molecular formula is C25H39ClF2O6U. The Bertz CT molecular complexity index is 695. The molecule has 0 radical (unpaired) electrons. The van der Waals surface area contributed by atoms with E-state index in [0.717, 1.165) is 26.2 Å². The molecule has 1 aromatic carbocycles. The van der Waals surface area contributed by atoms with E-state index in [1.165, 1.54) is 32.1 Å². The molecule has 0 aromatic heterocycles. The van der Waals surface area contributed by atoms with Gasteiger partial charge in [0.1, 0.15) is 0 Å². The third kappa shape index (κ3) is 14.9. The molecule has 35 heavy (non-hydrogen) atoms. The van der Waals surface area contributed by atoms with Crippen LogP contribution in [0, 0.1) is 68.1 Å². The summed E-state index contributed by atoms with van der Waals surface area (Å²) in [4.78, 5) is 14.2. The fourth-order valence-corrected chi connectivity index (χ4v) is 4.36. The molecule has 1 aromatic rings. The molecule has 1 aliphatic carbocycles. The first-order valence-electron chi connectivity index (χ1n) is 11.4. The number of benzene rings is 1. The number of halogens is 3. The van der Waals surface area contributed by atoms with Gasteiger partial charge in [0.05, 0.1) is 19.3 Å². The summed E-state index contributed by atoms with van der Waals surface area (Å²) in [6.45, 7) is 9.51. The van der Waals surface area contributed by atoms with Crippen LogP contribution in [0.15, 0.2) is 18.2 Å². The number of alkyl halides is 2. The van der Waals surface area contributed by atoms with E-state index < -0.39 is 18.7 Å². The first-order chi connectivity index (χ1) is 16.0. The van der Waals surface area contributed by atoms with Crippen molar-refractivity contribution in [2.45, 2.75) is 72.2 Å². The van der Waals surface area contributed by atoms with Crippen molar-refractivity contribution in [3.8, 4) is 0 Å². The Labute approximate surface area is 237 Å². The Hall–Kier alpha value is -0.268. The van der Waals surface area contributed by atoms with Gasteiger partial charge in [-0.2, -0.15) is 19.3 Å². The van der Waals surface area contributed by atoms with Crippen LogP contribution in [0.4, 0.5) is 8.78 Å². The molecule has 10 heteroatoms. The average molecular weight is 747 g/mol. The van der Waals surface area contributed by atoms with Crippen LogP contribution in [0.3, 0.4) is 0 Å². The van der Waals surface area contributed by atoms with E-state index in [2.05, 4.69) is 25.2 Å². The molecule has 0 amide bonds. The molecule has 0 bridgehead atoms. The van der Waals surface area contributed by atoms with E-state index in [1.54, 1.807) is 6.07 Å².